The van der Waals surface area contributed by atoms with Crippen molar-refractivity contribution in [2.45, 2.75) is 13.0 Å². The Balaban J connectivity index is 2.29. The largest absolute Gasteiger partial charge is 0.314 e. The van der Waals surface area contributed by atoms with Gasteiger partial charge in [-0.15, -0.1) is 0 Å². The quantitative estimate of drug-likeness (QED) is 0.772. The van der Waals surface area contributed by atoms with E-state index in [4.69, 9.17) is 11.6 Å². The van der Waals surface area contributed by atoms with E-state index in [9.17, 15) is 4.21 Å². The summed E-state index contributed by atoms with van der Waals surface area (Å²) in [7, 11) is -2.27. The van der Waals surface area contributed by atoms with Crippen molar-refractivity contribution in [3.8, 4) is 0 Å². The molecule has 2 rings (SSSR count). The maximum Gasteiger partial charge on any atom is 0.0500 e. The van der Waals surface area contributed by atoms with Gasteiger partial charge in [0.1, 0.15) is 0 Å². The van der Waals surface area contributed by atoms with Gasteiger partial charge in [-0.2, -0.15) is 0 Å². The van der Waals surface area contributed by atoms with Gasteiger partial charge in [0.05, 0.1) is 6.04 Å². The van der Waals surface area contributed by atoms with Gasteiger partial charge in [-0.05, 0) is 11.6 Å². The van der Waals surface area contributed by atoms with E-state index in [1.165, 1.54) is 0 Å². The first kappa shape index (κ1) is 17.9. The number of thiol groups is 1. The highest BCUT2D eigenvalue weighted by Gasteiger charge is 2.27. The smallest absolute Gasteiger partial charge is 0.0500 e. The van der Waals surface area contributed by atoms with Crippen LogP contribution in [0, 0.1) is 0 Å². The number of likely N-dealkylation sites (N-methyl/N-ethyl adjacent to an activating group) is 1. The van der Waals surface area contributed by atoms with Crippen LogP contribution in [-0.4, -0.2) is 65.2 Å². The molecule has 1 N–H and O–H groups in total. The first-order chi connectivity index (χ1) is 10.4. The van der Waals surface area contributed by atoms with E-state index in [1.807, 2.05) is 30.7 Å². The fraction of sp³-hybridized carbons (Fsp3) is 0.625. The Bertz CT molecular complexity index is 528. The minimum Gasteiger partial charge on any atom is -0.314 e. The fourth-order valence-electron chi connectivity index (χ4n) is 3.02. The van der Waals surface area contributed by atoms with E-state index in [0.717, 1.165) is 49.9 Å². The molecule has 6 heteroatoms. The number of halogens is 1. The van der Waals surface area contributed by atoms with Gasteiger partial charge >= 0.3 is 0 Å². The van der Waals surface area contributed by atoms with Crippen molar-refractivity contribution in [1.29, 1.82) is 0 Å². The Morgan fingerprint density at radius 2 is 1.95 bits per heavy atom. The Morgan fingerprint density at radius 3 is 2.50 bits per heavy atom. The normalized spacial score (nSPS) is 19.3. The van der Waals surface area contributed by atoms with Crippen molar-refractivity contribution in [3.05, 3.63) is 34.9 Å². The molecule has 1 aliphatic heterocycles. The van der Waals surface area contributed by atoms with Crippen molar-refractivity contribution in [3.63, 3.8) is 0 Å². The first-order valence-corrected chi connectivity index (χ1v) is 10.9. The Hall–Kier alpha value is -0.460. The molecular formula is C16H28ClN3OS. The fourth-order valence-corrected chi connectivity index (χ4v) is 4.51. The number of rotatable bonds is 6. The molecule has 0 radical (unpaired) electrons. The van der Waals surface area contributed by atoms with E-state index < -0.39 is 10.1 Å². The average molecular weight is 346 g/mol. The molecule has 0 amide bonds. The zero-order valence-corrected chi connectivity index (χ0v) is 15.4. The molecule has 126 valence electrons. The van der Waals surface area contributed by atoms with Gasteiger partial charge in [-0.3, -0.25) is 9.11 Å². The van der Waals surface area contributed by atoms with Crippen molar-refractivity contribution < 1.29 is 4.21 Å². The van der Waals surface area contributed by atoms with Gasteiger partial charge in [0, 0.05) is 56.8 Å². The highest BCUT2D eigenvalue weighted by molar-refractivity contribution is 7.99. The van der Waals surface area contributed by atoms with Crippen LogP contribution in [0.3, 0.4) is 0 Å². The Morgan fingerprint density at radius 1 is 1.32 bits per heavy atom. The summed E-state index contributed by atoms with van der Waals surface area (Å²) in [6, 6.07) is 8.22. The lowest BCUT2D eigenvalue weighted by atomic mass is 10.0. The maximum atomic E-state index is 12.5. The van der Waals surface area contributed by atoms with Crippen molar-refractivity contribution in [2.24, 2.45) is 0 Å². The maximum absolute atomic E-state index is 12.5. The first-order valence-electron chi connectivity index (χ1n) is 7.93. The summed E-state index contributed by atoms with van der Waals surface area (Å²) in [6.45, 7) is 7.57. The lowest BCUT2D eigenvalue weighted by Crippen LogP contribution is -2.49. The molecule has 0 bridgehead atoms. The monoisotopic (exact) mass is 345 g/mol. The van der Waals surface area contributed by atoms with Crippen molar-refractivity contribution >= 4 is 21.7 Å². The minimum absolute atomic E-state index is 0.184. The predicted molar refractivity (Wildman–Crippen MR) is 97.3 cm³/mol. The summed E-state index contributed by atoms with van der Waals surface area (Å²) in [4.78, 5) is 2.45. The highest BCUT2D eigenvalue weighted by atomic mass is 35.5. The third kappa shape index (κ3) is 4.52. The predicted octanol–water partition coefficient (Wildman–Crippen LogP) is 1.80. The van der Waals surface area contributed by atoms with Gasteiger partial charge in [0.15, 0.2) is 0 Å². The second kappa shape index (κ2) is 7.88. The van der Waals surface area contributed by atoms with Crippen molar-refractivity contribution in [2.75, 3.05) is 51.8 Å². The van der Waals surface area contributed by atoms with Gasteiger partial charge in [0.25, 0.3) is 0 Å². The molecule has 1 atom stereocenters. The second-order valence-corrected chi connectivity index (χ2v) is 9.68. The number of nitrogens with one attached hydrogen (secondary N) is 1. The van der Waals surface area contributed by atoms with Crippen LogP contribution in [0.25, 0.3) is 0 Å². The second-order valence-electron chi connectivity index (χ2n) is 6.12. The Labute approximate surface area is 140 Å². The number of benzene rings is 1. The van der Waals surface area contributed by atoms with E-state index in [1.54, 1.807) is 0 Å². The molecule has 1 aliphatic rings. The third-order valence-electron chi connectivity index (χ3n) is 4.29. The molecule has 22 heavy (non-hydrogen) atoms. The molecule has 0 saturated carbocycles. The van der Waals surface area contributed by atoms with Crippen LogP contribution in [0.1, 0.15) is 18.5 Å². The molecule has 1 saturated heterocycles. The van der Waals surface area contributed by atoms with Crippen LogP contribution in [0.2, 0.25) is 5.02 Å². The lowest BCUT2D eigenvalue weighted by molar-refractivity contribution is 0.154. The zero-order chi connectivity index (χ0) is 16.2. The van der Waals surface area contributed by atoms with Crippen LogP contribution >= 0.6 is 11.6 Å². The molecule has 0 aliphatic carbocycles. The molecule has 1 aromatic rings. The summed E-state index contributed by atoms with van der Waals surface area (Å²) < 4.78 is 14.6. The molecule has 1 unspecified atom stereocenters. The van der Waals surface area contributed by atoms with Gasteiger partial charge in [-0.25, -0.2) is 4.31 Å². The van der Waals surface area contributed by atoms with Gasteiger partial charge in [-0.1, -0.05) is 46.8 Å². The summed E-state index contributed by atoms with van der Waals surface area (Å²) in [6.07, 6.45) is 3.69. The molecule has 0 aromatic heterocycles. The number of piperazine rings is 1. The minimum atomic E-state index is -2.27. The van der Waals surface area contributed by atoms with Crippen LogP contribution in [-0.2, 0) is 10.1 Å². The molecule has 1 heterocycles. The van der Waals surface area contributed by atoms with Gasteiger partial charge in [0.2, 0.25) is 0 Å². The van der Waals surface area contributed by atoms with Crippen molar-refractivity contribution in [1.82, 2.24) is 14.5 Å². The molecule has 4 nitrogen and oxygen atoms in total. The van der Waals surface area contributed by atoms with Crippen LogP contribution in [0.5, 0.6) is 0 Å². The number of hydrogen-bond acceptors (Lipinski definition) is 3. The summed E-state index contributed by atoms with van der Waals surface area (Å²) in [5.74, 6) is 0. The standard InChI is InChI=1S/C16H28ClN3OS/c1-4-20(22(2,3)21)13-16(19-11-9-18-10-12-19)14-7-5-6-8-15(14)17/h5-8,16,18,22H,4,9-13H2,1-3H3. The number of nitrogens with zero attached hydrogens (tertiary/aromatic N) is 2. The lowest BCUT2D eigenvalue weighted by Gasteiger charge is -2.40. The summed E-state index contributed by atoms with van der Waals surface area (Å²) in [5, 5.41) is 4.19. The van der Waals surface area contributed by atoms with Crippen LogP contribution < -0.4 is 5.32 Å². The molecule has 1 fully saturated rings. The topological polar surface area (TPSA) is 35.6 Å². The summed E-state index contributed by atoms with van der Waals surface area (Å²) >= 11 is 6.45. The van der Waals surface area contributed by atoms with E-state index in [0.29, 0.717) is 0 Å². The Kier molecular flexibility index (Phi) is 6.41. The van der Waals surface area contributed by atoms with Crippen LogP contribution in [0.15, 0.2) is 24.3 Å². The van der Waals surface area contributed by atoms with E-state index >= 15 is 0 Å². The molecule has 0 spiro atoms. The van der Waals surface area contributed by atoms with E-state index in [-0.39, 0.29) is 6.04 Å². The average Bonchev–Trinajstić information content (AvgIpc) is 2.49. The van der Waals surface area contributed by atoms with E-state index in [2.05, 4.69) is 27.5 Å². The SMILES string of the molecule is CCN(CC(c1ccccc1Cl)N1CCNCC1)[SH](C)(C)=O. The summed E-state index contributed by atoms with van der Waals surface area (Å²) in [5.41, 5.74) is 1.14. The molecular weight excluding hydrogens is 318 g/mol. The highest BCUT2D eigenvalue weighted by Crippen LogP contribution is 2.29. The van der Waals surface area contributed by atoms with Crippen LogP contribution in [0.4, 0.5) is 0 Å². The van der Waals surface area contributed by atoms with Gasteiger partial charge < -0.3 is 5.32 Å². The molecule has 1 aromatic carbocycles. The number of hydrogen-bond donors (Lipinski definition) is 2. The zero-order valence-electron chi connectivity index (χ0n) is 13.8. The third-order valence-corrected chi connectivity index (χ3v) is 6.44.